The van der Waals surface area contributed by atoms with E-state index in [1.54, 1.807) is 11.8 Å². The van der Waals surface area contributed by atoms with Crippen LogP contribution in [-0.2, 0) is 6.54 Å². The Morgan fingerprint density at radius 1 is 1.00 bits per heavy atom. The Kier molecular flexibility index (Phi) is 6.72. The van der Waals surface area contributed by atoms with E-state index in [9.17, 15) is 0 Å². The average molecular weight is 361 g/mol. The number of rotatable bonds is 6. The first kappa shape index (κ1) is 17.0. The molecule has 2 aromatic carbocycles. The molecule has 0 spiro atoms. The van der Waals surface area contributed by atoms with Crippen molar-refractivity contribution in [1.82, 2.24) is 5.32 Å². The second kappa shape index (κ2) is 8.30. The van der Waals surface area contributed by atoms with Crippen LogP contribution in [0.25, 0.3) is 0 Å². The van der Waals surface area contributed by atoms with E-state index in [0.717, 1.165) is 34.3 Å². The molecule has 21 heavy (non-hydrogen) atoms. The Morgan fingerprint density at radius 2 is 1.81 bits per heavy atom. The minimum absolute atomic E-state index is 0.564. The third kappa shape index (κ3) is 5.08. The molecule has 2 aromatic rings. The SMILES string of the molecule is CCCNCc1ccc(Cl)cc1Sc1ccc(Cl)c(Cl)c1. The number of hydrogen-bond donors (Lipinski definition) is 1. The smallest absolute Gasteiger partial charge is 0.0603 e. The van der Waals surface area contributed by atoms with Gasteiger partial charge in [-0.1, -0.05) is 59.6 Å². The summed E-state index contributed by atoms with van der Waals surface area (Å²) in [6, 6.07) is 11.6. The first-order chi connectivity index (χ1) is 10.1. The maximum atomic E-state index is 6.12. The van der Waals surface area contributed by atoms with Gasteiger partial charge in [-0.2, -0.15) is 0 Å². The van der Waals surface area contributed by atoms with Crippen molar-refractivity contribution >= 4 is 46.6 Å². The molecule has 0 amide bonds. The predicted molar refractivity (Wildman–Crippen MR) is 94.0 cm³/mol. The van der Waals surface area contributed by atoms with E-state index in [2.05, 4.69) is 18.3 Å². The van der Waals surface area contributed by atoms with Gasteiger partial charge in [-0.3, -0.25) is 0 Å². The van der Waals surface area contributed by atoms with E-state index in [0.29, 0.717) is 10.0 Å². The lowest BCUT2D eigenvalue weighted by atomic mass is 10.2. The van der Waals surface area contributed by atoms with Crippen LogP contribution in [0.1, 0.15) is 18.9 Å². The van der Waals surface area contributed by atoms with Gasteiger partial charge < -0.3 is 5.32 Å². The van der Waals surface area contributed by atoms with Crippen molar-refractivity contribution in [1.29, 1.82) is 0 Å². The minimum Gasteiger partial charge on any atom is -0.313 e. The van der Waals surface area contributed by atoms with Gasteiger partial charge in [0.05, 0.1) is 10.0 Å². The fourth-order valence-corrected chi connectivity index (χ4v) is 3.46. The highest BCUT2D eigenvalue weighted by atomic mass is 35.5. The van der Waals surface area contributed by atoms with Crippen LogP contribution in [0.5, 0.6) is 0 Å². The summed E-state index contributed by atoms with van der Waals surface area (Å²) >= 11 is 19.8. The molecule has 112 valence electrons. The number of hydrogen-bond acceptors (Lipinski definition) is 2. The fourth-order valence-electron chi connectivity index (χ4n) is 1.84. The molecule has 0 fully saturated rings. The summed E-state index contributed by atoms with van der Waals surface area (Å²) in [5.74, 6) is 0. The Balaban J connectivity index is 2.20. The molecule has 0 heterocycles. The molecule has 0 radical (unpaired) electrons. The van der Waals surface area contributed by atoms with Gasteiger partial charge in [0.15, 0.2) is 0 Å². The highest BCUT2D eigenvalue weighted by molar-refractivity contribution is 7.99. The van der Waals surface area contributed by atoms with Gasteiger partial charge in [-0.25, -0.2) is 0 Å². The Bertz CT molecular complexity index is 616. The summed E-state index contributed by atoms with van der Waals surface area (Å²) < 4.78 is 0. The first-order valence-electron chi connectivity index (χ1n) is 6.72. The summed E-state index contributed by atoms with van der Waals surface area (Å²) in [4.78, 5) is 2.17. The normalized spacial score (nSPS) is 10.9. The number of halogens is 3. The van der Waals surface area contributed by atoms with Gasteiger partial charge in [0.1, 0.15) is 0 Å². The summed E-state index contributed by atoms with van der Waals surface area (Å²) in [6.07, 6.45) is 1.11. The molecule has 2 rings (SSSR count). The maximum Gasteiger partial charge on any atom is 0.0603 e. The zero-order valence-corrected chi connectivity index (χ0v) is 14.7. The van der Waals surface area contributed by atoms with E-state index in [-0.39, 0.29) is 0 Å². The molecule has 0 aliphatic carbocycles. The minimum atomic E-state index is 0.564. The Morgan fingerprint density at radius 3 is 2.52 bits per heavy atom. The maximum absolute atomic E-state index is 6.12. The van der Waals surface area contributed by atoms with Crippen molar-refractivity contribution in [2.75, 3.05) is 6.54 Å². The van der Waals surface area contributed by atoms with Crippen LogP contribution < -0.4 is 5.32 Å². The van der Waals surface area contributed by atoms with Crippen molar-refractivity contribution in [2.45, 2.75) is 29.7 Å². The Labute approximate surface area is 145 Å². The molecule has 1 nitrogen and oxygen atoms in total. The summed E-state index contributed by atoms with van der Waals surface area (Å²) in [7, 11) is 0. The lowest BCUT2D eigenvalue weighted by Gasteiger charge is -2.11. The topological polar surface area (TPSA) is 12.0 Å². The number of benzene rings is 2. The monoisotopic (exact) mass is 359 g/mol. The van der Waals surface area contributed by atoms with Crippen molar-refractivity contribution in [3.63, 3.8) is 0 Å². The highest BCUT2D eigenvalue weighted by Crippen LogP contribution is 2.35. The van der Waals surface area contributed by atoms with Crippen LogP contribution in [0.3, 0.4) is 0 Å². The zero-order valence-electron chi connectivity index (χ0n) is 11.6. The lowest BCUT2D eigenvalue weighted by molar-refractivity contribution is 0.669. The van der Waals surface area contributed by atoms with Crippen molar-refractivity contribution in [3.05, 3.63) is 57.0 Å². The second-order valence-corrected chi connectivity index (χ2v) is 6.97. The molecule has 0 saturated heterocycles. The third-order valence-corrected chi connectivity index (χ3v) is 4.95. The molecule has 5 heteroatoms. The summed E-state index contributed by atoms with van der Waals surface area (Å²) in [5, 5.41) is 5.28. The molecular formula is C16H16Cl3NS. The van der Waals surface area contributed by atoms with E-state index in [1.165, 1.54) is 5.56 Å². The molecule has 0 atom stereocenters. The number of nitrogens with one attached hydrogen (secondary N) is 1. The van der Waals surface area contributed by atoms with Gasteiger partial charge in [0, 0.05) is 21.4 Å². The second-order valence-electron chi connectivity index (χ2n) is 4.61. The molecule has 0 aromatic heterocycles. The molecule has 0 aliphatic heterocycles. The standard InChI is InChI=1S/C16H16Cl3NS/c1-2-7-20-10-11-3-4-12(17)8-16(11)21-13-5-6-14(18)15(19)9-13/h3-6,8-9,20H,2,7,10H2,1H3. The van der Waals surface area contributed by atoms with Gasteiger partial charge in [0.25, 0.3) is 0 Å². The van der Waals surface area contributed by atoms with E-state index in [4.69, 9.17) is 34.8 Å². The van der Waals surface area contributed by atoms with Crippen LogP contribution in [-0.4, -0.2) is 6.54 Å². The average Bonchev–Trinajstić information content (AvgIpc) is 2.45. The van der Waals surface area contributed by atoms with Crippen LogP contribution in [0.2, 0.25) is 15.1 Å². The zero-order chi connectivity index (χ0) is 15.2. The first-order valence-corrected chi connectivity index (χ1v) is 8.67. The molecule has 0 unspecified atom stereocenters. The molecule has 0 bridgehead atoms. The van der Waals surface area contributed by atoms with E-state index >= 15 is 0 Å². The van der Waals surface area contributed by atoms with Crippen molar-refractivity contribution in [3.8, 4) is 0 Å². The van der Waals surface area contributed by atoms with Crippen LogP contribution in [0, 0.1) is 0 Å². The molecule has 0 aliphatic rings. The van der Waals surface area contributed by atoms with Crippen LogP contribution in [0.15, 0.2) is 46.2 Å². The van der Waals surface area contributed by atoms with Crippen molar-refractivity contribution in [2.24, 2.45) is 0 Å². The van der Waals surface area contributed by atoms with Gasteiger partial charge in [-0.15, -0.1) is 0 Å². The lowest BCUT2D eigenvalue weighted by Crippen LogP contribution is -2.14. The predicted octanol–water partition coefficient (Wildman–Crippen LogP) is 6.30. The van der Waals surface area contributed by atoms with E-state index in [1.807, 2.05) is 30.3 Å². The van der Waals surface area contributed by atoms with E-state index < -0.39 is 0 Å². The quantitative estimate of drug-likeness (QED) is 0.607. The van der Waals surface area contributed by atoms with Gasteiger partial charge in [0.2, 0.25) is 0 Å². The molecule has 0 saturated carbocycles. The summed E-state index contributed by atoms with van der Waals surface area (Å²) in [5.41, 5.74) is 1.23. The third-order valence-electron chi connectivity index (χ3n) is 2.89. The van der Waals surface area contributed by atoms with Crippen molar-refractivity contribution < 1.29 is 0 Å². The van der Waals surface area contributed by atoms with Crippen LogP contribution >= 0.6 is 46.6 Å². The van der Waals surface area contributed by atoms with Gasteiger partial charge >= 0.3 is 0 Å². The highest BCUT2D eigenvalue weighted by Gasteiger charge is 2.07. The molecular weight excluding hydrogens is 345 g/mol. The Hall–Kier alpha value is -0.380. The van der Waals surface area contributed by atoms with Crippen LogP contribution in [0.4, 0.5) is 0 Å². The molecule has 1 N–H and O–H groups in total. The summed E-state index contributed by atoms with van der Waals surface area (Å²) in [6.45, 7) is 3.98. The van der Waals surface area contributed by atoms with Gasteiger partial charge in [-0.05, 0) is 48.9 Å². The fraction of sp³-hybridized carbons (Fsp3) is 0.250. The largest absolute Gasteiger partial charge is 0.313 e.